The summed E-state index contributed by atoms with van der Waals surface area (Å²) in [6, 6.07) is 0. The van der Waals surface area contributed by atoms with E-state index in [0.717, 1.165) is 19.3 Å². The minimum atomic E-state index is -1.05. The van der Waals surface area contributed by atoms with Gasteiger partial charge in [-0.25, -0.2) is 0 Å². The molecule has 0 aliphatic rings. The molecule has 0 radical (unpaired) electrons. The first-order valence-electron chi connectivity index (χ1n) is 8.46. The molecule has 0 fully saturated rings. The molecule has 0 aliphatic carbocycles. The van der Waals surface area contributed by atoms with Crippen molar-refractivity contribution in [3.05, 3.63) is 0 Å². The van der Waals surface area contributed by atoms with Gasteiger partial charge in [0.1, 0.15) is 11.5 Å². The summed E-state index contributed by atoms with van der Waals surface area (Å²) < 4.78 is 0.336. The number of carboxylic acid groups (broad SMARTS) is 1. The number of likely N-dealkylation sites (N-methyl/N-ethyl adjacent to an activating group) is 1. The van der Waals surface area contributed by atoms with Crippen LogP contribution in [0.25, 0.3) is 0 Å². The van der Waals surface area contributed by atoms with Crippen molar-refractivity contribution >= 4 is 11.9 Å². The lowest BCUT2D eigenvalue weighted by Gasteiger charge is -2.45. The fraction of sp³-hybridized carbons (Fsp3) is 0.882. The molecule has 0 aromatic carbocycles. The van der Waals surface area contributed by atoms with Gasteiger partial charge in [0.25, 0.3) is 0 Å². The third-order valence-electron chi connectivity index (χ3n) is 4.74. The highest BCUT2D eigenvalue weighted by Crippen LogP contribution is 2.19. The summed E-state index contributed by atoms with van der Waals surface area (Å²) in [5.41, 5.74) is -0.941. The van der Waals surface area contributed by atoms with Crippen molar-refractivity contribution in [2.45, 2.75) is 71.3 Å². The van der Waals surface area contributed by atoms with Crippen molar-refractivity contribution < 1.29 is 19.2 Å². The average molecular weight is 314 g/mol. The Morgan fingerprint density at radius 2 is 1.64 bits per heavy atom. The van der Waals surface area contributed by atoms with Crippen LogP contribution in [-0.2, 0) is 9.59 Å². The Morgan fingerprint density at radius 3 is 2.18 bits per heavy atom. The lowest BCUT2D eigenvalue weighted by atomic mass is 10.0. The summed E-state index contributed by atoms with van der Waals surface area (Å²) in [6.07, 6.45) is 7.06. The van der Waals surface area contributed by atoms with Gasteiger partial charge in [-0.05, 0) is 20.3 Å². The Labute approximate surface area is 135 Å². The molecule has 0 bridgehead atoms. The van der Waals surface area contributed by atoms with E-state index in [1.165, 1.54) is 19.3 Å². The van der Waals surface area contributed by atoms with E-state index in [2.05, 4.69) is 12.2 Å². The molecule has 0 saturated carbocycles. The Hall–Kier alpha value is -1.10. The molecule has 5 heteroatoms. The number of carboxylic acids is 1. The van der Waals surface area contributed by atoms with Crippen LogP contribution in [0.1, 0.15) is 65.7 Å². The van der Waals surface area contributed by atoms with Crippen LogP contribution in [0.2, 0.25) is 0 Å². The highest BCUT2D eigenvalue weighted by molar-refractivity contribution is 5.75. The second-order valence-corrected chi connectivity index (χ2v) is 7.12. The van der Waals surface area contributed by atoms with Crippen molar-refractivity contribution in [2.75, 3.05) is 27.2 Å². The summed E-state index contributed by atoms with van der Waals surface area (Å²) in [5, 5.41) is 14.1. The number of rotatable bonds is 12. The van der Waals surface area contributed by atoms with E-state index in [-0.39, 0.29) is 5.91 Å². The Morgan fingerprint density at radius 1 is 1.05 bits per heavy atom. The van der Waals surface area contributed by atoms with Crippen LogP contribution in [0, 0.1) is 0 Å². The molecule has 0 aliphatic heterocycles. The first-order chi connectivity index (χ1) is 10.1. The second-order valence-electron chi connectivity index (χ2n) is 7.12. The largest absolute Gasteiger partial charge is 0.544 e. The summed E-state index contributed by atoms with van der Waals surface area (Å²) in [7, 11) is 3.76. The zero-order chi connectivity index (χ0) is 17.2. The van der Waals surface area contributed by atoms with Gasteiger partial charge in [-0.1, -0.05) is 32.6 Å². The van der Waals surface area contributed by atoms with E-state index in [9.17, 15) is 14.7 Å². The molecule has 0 aromatic rings. The van der Waals surface area contributed by atoms with E-state index in [1.54, 1.807) is 13.8 Å². The van der Waals surface area contributed by atoms with E-state index in [4.69, 9.17) is 0 Å². The molecule has 0 rings (SSSR count). The number of nitrogens with zero attached hydrogens (tertiary/aromatic N) is 1. The Balaban J connectivity index is 3.88. The fourth-order valence-corrected chi connectivity index (χ4v) is 2.21. The van der Waals surface area contributed by atoms with Crippen molar-refractivity contribution in [3.8, 4) is 0 Å². The van der Waals surface area contributed by atoms with E-state index in [0.29, 0.717) is 24.0 Å². The van der Waals surface area contributed by atoms with Gasteiger partial charge in [-0.3, -0.25) is 4.79 Å². The topological polar surface area (TPSA) is 69.2 Å². The smallest absolute Gasteiger partial charge is 0.219 e. The van der Waals surface area contributed by atoms with Crippen molar-refractivity contribution in [3.63, 3.8) is 0 Å². The van der Waals surface area contributed by atoms with Gasteiger partial charge in [-0.15, -0.1) is 0 Å². The van der Waals surface area contributed by atoms with Crippen LogP contribution in [0.5, 0.6) is 0 Å². The van der Waals surface area contributed by atoms with Crippen LogP contribution in [0.15, 0.2) is 0 Å². The minimum Gasteiger partial charge on any atom is -0.544 e. The van der Waals surface area contributed by atoms with Crippen LogP contribution in [0.3, 0.4) is 0 Å². The molecule has 22 heavy (non-hydrogen) atoms. The van der Waals surface area contributed by atoms with Gasteiger partial charge in [0.2, 0.25) is 5.91 Å². The first kappa shape index (κ1) is 20.9. The lowest BCUT2D eigenvalue weighted by molar-refractivity contribution is -0.930. The molecule has 0 atom stereocenters. The second kappa shape index (κ2) is 9.82. The van der Waals surface area contributed by atoms with Gasteiger partial charge < -0.3 is 19.7 Å². The Bertz CT molecular complexity index is 352. The molecule has 0 heterocycles. The van der Waals surface area contributed by atoms with Crippen molar-refractivity contribution in [1.29, 1.82) is 0 Å². The maximum Gasteiger partial charge on any atom is 0.219 e. The summed E-state index contributed by atoms with van der Waals surface area (Å²) >= 11 is 0. The van der Waals surface area contributed by atoms with Gasteiger partial charge in [0, 0.05) is 19.4 Å². The van der Waals surface area contributed by atoms with E-state index < -0.39 is 11.5 Å². The van der Waals surface area contributed by atoms with E-state index in [1.807, 2.05) is 14.1 Å². The number of carbonyl (C=O) groups is 2. The minimum absolute atomic E-state index is 0.0981. The summed E-state index contributed by atoms with van der Waals surface area (Å²) in [4.78, 5) is 22.9. The third kappa shape index (κ3) is 7.25. The molecule has 0 unspecified atom stereocenters. The van der Waals surface area contributed by atoms with Crippen LogP contribution in [0.4, 0.5) is 0 Å². The standard InChI is InChI=1S/C17H34N2O3/c1-6-7-8-9-10-12-15(20)18-13-11-14-19(4,5)17(2,3)16(21)22/h6-14H2,1-5H3,(H-,18,20,21,22). The number of aliphatic carboxylic acids is 1. The predicted molar refractivity (Wildman–Crippen MR) is 87.1 cm³/mol. The van der Waals surface area contributed by atoms with Crippen LogP contribution in [-0.4, -0.2) is 49.1 Å². The van der Waals surface area contributed by atoms with Gasteiger partial charge in [0.15, 0.2) is 0 Å². The maximum absolute atomic E-state index is 11.7. The zero-order valence-corrected chi connectivity index (χ0v) is 15.0. The van der Waals surface area contributed by atoms with Gasteiger partial charge >= 0.3 is 0 Å². The average Bonchev–Trinajstić information content (AvgIpc) is 2.43. The number of amides is 1. The fourth-order valence-electron chi connectivity index (χ4n) is 2.21. The van der Waals surface area contributed by atoms with Crippen LogP contribution < -0.4 is 10.4 Å². The molecule has 5 nitrogen and oxygen atoms in total. The highest BCUT2D eigenvalue weighted by atomic mass is 16.4. The third-order valence-corrected chi connectivity index (χ3v) is 4.74. The normalized spacial score (nSPS) is 12.2. The number of nitrogens with one attached hydrogen (secondary N) is 1. The first-order valence-corrected chi connectivity index (χ1v) is 8.46. The lowest BCUT2D eigenvalue weighted by Crippen LogP contribution is -2.64. The molecule has 1 amide bonds. The van der Waals surface area contributed by atoms with Gasteiger partial charge in [0.05, 0.1) is 20.6 Å². The summed E-state index contributed by atoms with van der Waals surface area (Å²) in [6.45, 7) is 6.80. The number of quaternary nitrogens is 1. The van der Waals surface area contributed by atoms with Gasteiger partial charge in [-0.2, -0.15) is 0 Å². The molecule has 0 aromatic heterocycles. The van der Waals surface area contributed by atoms with Crippen molar-refractivity contribution in [1.82, 2.24) is 5.32 Å². The number of unbranched alkanes of at least 4 members (excludes halogenated alkanes) is 4. The van der Waals surface area contributed by atoms with Crippen LogP contribution >= 0.6 is 0 Å². The number of carbonyl (C=O) groups excluding carboxylic acids is 2. The number of hydrogen-bond acceptors (Lipinski definition) is 3. The molecule has 0 saturated heterocycles. The molecule has 130 valence electrons. The zero-order valence-electron chi connectivity index (χ0n) is 15.0. The van der Waals surface area contributed by atoms with E-state index >= 15 is 0 Å². The quantitative estimate of drug-likeness (QED) is 0.438. The molecular weight excluding hydrogens is 280 g/mol. The highest BCUT2D eigenvalue weighted by Gasteiger charge is 2.37. The SMILES string of the molecule is CCCCCCCC(=O)NCCC[N+](C)(C)C(C)(C)C(=O)[O-]. The predicted octanol–water partition coefficient (Wildman–Crippen LogP) is 1.46. The Kier molecular flexibility index (Phi) is 9.33. The summed E-state index contributed by atoms with van der Waals surface area (Å²) in [5.74, 6) is -0.949. The van der Waals surface area contributed by atoms with Crippen molar-refractivity contribution in [2.24, 2.45) is 0 Å². The monoisotopic (exact) mass is 314 g/mol. The molecule has 1 N–H and O–H groups in total. The molecular formula is C17H34N2O3. The number of hydrogen-bond donors (Lipinski definition) is 1. The maximum atomic E-state index is 11.7. The molecule has 0 spiro atoms.